The average Bonchev–Trinajstić information content (AvgIpc) is 3.31. The minimum atomic E-state index is 0.0339. The lowest BCUT2D eigenvalue weighted by Gasteiger charge is -2.28. The first kappa shape index (κ1) is 18.6. The third-order valence-electron chi connectivity index (χ3n) is 5.37. The summed E-state index contributed by atoms with van der Waals surface area (Å²) in [5.41, 5.74) is 5.77. The smallest absolute Gasteiger partial charge is 0.180 e. The molecule has 0 spiro atoms. The fraction of sp³-hybridized carbons (Fsp3) is 0.217. The van der Waals surface area contributed by atoms with Crippen molar-refractivity contribution in [3.63, 3.8) is 0 Å². The van der Waals surface area contributed by atoms with Crippen LogP contribution >= 0.6 is 0 Å². The van der Waals surface area contributed by atoms with Crippen LogP contribution in [0.3, 0.4) is 0 Å². The lowest BCUT2D eigenvalue weighted by atomic mass is 10.1. The van der Waals surface area contributed by atoms with Gasteiger partial charge in [0.15, 0.2) is 11.5 Å². The maximum absolute atomic E-state index is 9.26. The molecule has 7 nitrogen and oxygen atoms in total. The Balaban J connectivity index is 1.40. The summed E-state index contributed by atoms with van der Waals surface area (Å²) in [6, 6.07) is 16.2. The Bertz CT molecular complexity index is 1130. The molecule has 5 rings (SSSR count). The number of nitrogens with zero attached hydrogens (tertiary/aromatic N) is 4. The van der Waals surface area contributed by atoms with Crippen LogP contribution in [0.2, 0.25) is 0 Å². The topological polar surface area (TPSA) is 74.9 Å². The molecule has 0 unspecified atom stereocenters. The van der Waals surface area contributed by atoms with E-state index in [-0.39, 0.29) is 6.61 Å². The van der Waals surface area contributed by atoms with Crippen molar-refractivity contribution in [3.8, 4) is 11.3 Å². The molecule has 0 bridgehead atoms. The van der Waals surface area contributed by atoms with Crippen molar-refractivity contribution in [1.82, 2.24) is 14.4 Å². The third-order valence-corrected chi connectivity index (χ3v) is 5.37. The van der Waals surface area contributed by atoms with Crippen molar-refractivity contribution in [1.29, 1.82) is 0 Å². The Hall–Kier alpha value is -3.42. The lowest BCUT2D eigenvalue weighted by Crippen LogP contribution is -2.36. The minimum Gasteiger partial charge on any atom is -0.392 e. The van der Waals surface area contributed by atoms with Crippen molar-refractivity contribution in [2.45, 2.75) is 6.61 Å². The van der Waals surface area contributed by atoms with Gasteiger partial charge in [-0.05, 0) is 29.8 Å². The highest BCUT2D eigenvalue weighted by atomic mass is 16.5. The first-order valence-electron chi connectivity index (χ1n) is 10.0. The number of aliphatic hydroxyl groups is 1. The van der Waals surface area contributed by atoms with Crippen molar-refractivity contribution in [3.05, 3.63) is 72.7 Å². The molecule has 152 valence electrons. The summed E-state index contributed by atoms with van der Waals surface area (Å²) < 4.78 is 7.45. The van der Waals surface area contributed by atoms with Crippen LogP contribution in [0.15, 0.2) is 67.1 Å². The monoisotopic (exact) mass is 401 g/mol. The fourth-order valence-corrected chi connectivity index (χ4v) is 3.72. The van der Waals surface area contributed by atoms with Crippen LogP contribution in [0.25, 0.3) is 16.9 Å². The molecule has 0 amide bonds. The second-order valence-corrected chi connectivity index (χ2v) is 7.24. The van der Waals surface area contributed by atoms with Gasteiger partial charge in [-0.25, -0.2) is 9.97 Å². The van der Waals surface area contributed by atoms with Gasteiger partial charge in [-0.2, -0.15) is 0 Å². The van der Waals surface area contributed by atoms with Crippen LogP contribution in [-0.2, 0) is 11.3 Å². The van der Waals surface area contributed by atoms with E-state index in [0.29, 0.717) is 5.82 Å². The van der Waals surface area contributed by atoms with Crippen LogP contribution in [0.4, 0.5) is 17.2 Å². The molecule has 1 aliphatic heterocycles. The van der Waals surface area contributed by atoms with Crippen LogP contribution in [0, 0.1) is 0 Å². The highest BCUT2D eigenvalue weighted by Gasteiger charge is 2.13. The van der Waals surface area contributed by atoms with E-state index >= 15 is 0 Å². The Kier molecular flexibility index (Phi) is 5.04. The number of aliphatic hydroxyl groups excluding tert-OH is 1. The van der Waals surface area contributed by atoms with Crippen molar-refractivity contribution >= 4 is 22.8 Å². The molecular weight excluding hydrogens is 378 g/mol. The molecule has 0 saturated carbocycles. The SMILES string of the molecule is OCc1ccc(-c2cnc(Nc3ccc(N4CCOCC4)cc3)c3nccn23)cc1. The zero-order chi connectivity index (χ0) is 20.3. The molecule has 2 aromatic carbocycles. The number of fused-ring (bicyclic) bond motifs is 1. The Labute approximate surface area is 174 Å². The van der Waals surface area contributed by atoms with Gasteiger partial charge in [0.2, 0.25) is 0 Å². The van der Waals surface area contributed by atoms with Crippen LogP contribution in [-0.4, -0.2) is 45.8 Å². The summed E-state index contributed by atoms with van der Waals surface area (Å²) in [7, 11) is 0. The van der Waals surface area contributed by atoms with Crippen LogP contribution in [0.5, 0.6) is 0 Å². The number of hydrogen-bond acceptors (Lipinski definition) is 6. The maximum Gasteiger partial charge on any atom is 0.180 e. The fourth-order valence-electron chi connectivity index (χ4n) is 3.72. The van der Waals surface area contributed by atoms with Gasteiger partial charge in [-0.15, -0.1) is 0 Å². The van der Waals surface area contributed by atoms with Crippen molar-refractivity contribution in [2.24, 2.45) is 0 Å². The molecule has 1 fully saturated rings. The van der Waals surface area contributed by atoms with E-state index < -0.39 is 0 Å². The standard InChI is InChI=1S/C23H23N5O2/c29-16-17-1-3-18(4-2-17)21-15-25-22(23-24-9-10-28(21)23)26-19-5-7-20(8-6-19)27-11-13-30-14-12-27/h1-10,15,29H,11-14,16H2,(H,25,26). The van der Waals surface area contributed by atoms with Gasteiger partial charge >= 0.3 is 0 Å². The van der Waals surface area contributed by atoms with Gasteiger partial charge in [0.25, 0.3) is 0 Å². The van der Waals surface area contributed by atoms with E-state index in [4.69, 9.17) is 4.74 Å². The van der Waals surface area contributed by atoms with Crippen LogP contribution in [0.1, 0.15) is 5.56 Å². The number of hydrogen-bond donors (Lipinski definition) is 2. The Morgan fingerprint density at radius 1 is 0.967 bits per heavy atom. The quantitative estimate of drug-likeness (QED) is 0.533. The number of nitrogens with one attached hydrogen (secondary N) is 1. The van der Waals surface area contributed by atoms with Gasteiger partial charge in [-0.1, -0.05) is 24.3 Å². The van der Waals surface area contributed by atoms with Gasteiger partial charge in [0.05, 0.1) is 31.7 Å². The average molecular weight is 401 g/mol. The molecule has 2 N–H and O–H groups in total. The molecule has 1 aliphatic rings. The molecule has 4 aromatic rings. The second kappa shape index (κ2) is 8.14. The summed E-state index contributed by atoms with van der Waals surface area (Å²) in [6.07, 6.45) is 5.54. The summed E-state index contributed by atoms with van der Waals surface area (Å²) in [4.78, 5) is 11.5. The largest absolute Gasteiger partial charge is 0.392 e. The first-order chi connectivity index (χ1) is 14.8. The predicted molar refractivity (Wildman–Crippen MR) is 117 cm³/mol. The Morgan fingerprint density at radius 2 is 1.73 bits per heavy atom. The second-order valence-electron chi connectivity index (χ2n) is 7.24. The summed E-state index contributed by atoms with van der Waals surface area (Å²) in [6.45, 7) is 3.42. The van der Waals surface area contributed by atoms with Crippen molar-refractivity contribution in [2.75, 3.05) is 36.5 Å². The molecule has 0 aliphatic carbocycles. The maximum atomic E-state index is 9.26. The molecule has 1 saturated heterocycles. The minimum absolute atomic E-state index is 0.0339. The normalized spacial score (nSPS) is 14.2. The number of ether oxygens (including phenoxy) is 1. The first-order valence-corrected chi connectivity index (χ1v) is 10.0. The summed E-state index contributed by atoms with van der Waals surface area (Å²) in [5.74, 6) is 0.704. The number of benzene rings is 2. The van der Waals surface area contributed by atoms with Gasteiger partial charge in [0, 0.05) is 42.4 Å². The summed E-state index contributed by atoms with van der Waals surface area (Å²) in [5, 5.41) is 12.7. The summed E-state index contributed by atoms with van der Waals surface area (Å²) >= 11 is 0. The van der Waals surface area contributed by atoms with E-state index in [9.17, 15) is 5.11 Å². The molecule has 3 heterocycles. The van der Waals surface area contributed by atoms with E-state index in [0.717, 1.165) is 54.5 Å². The molecule has 2 aromatic heterocycles. The van der Waals surface area contributed by atoms with Gasteiger partial charge in [0.1, 0.15) is 0 Å². The zero-order valence-electron chi connectivity index (χ0n) is 16.5. The number of morpholine rings is 1. The number of aromatic nitrogens is 3. The van der Waals surface area contributed by atoms with Gasteiger partial charge < -0.3 is 20.1 Å². The van der Waals surface area contributed by atoms with Crippen LogP contribution < -0.4 is 10.2 Å². The lowest BCUT2D eigenvalue weighted by molar-refractivity contribution is 0.122. The molecule has 7 heteroatoms. The molecule has 0 atom stereocenters. The molecule has 0 radical (unpaired) electrons. The predicted octanol–water partition coefficient (Wildman–Crippen LogP) is 3.47. The zero-order valence-corrected chi connectivity index (χ0v) is 16.5. The third kappa shape index (κ3) is 3.60. The van der Waals surface area contributed by atoms with E-state index in [1.165, 1.54) is 5.69 Å². The highest BCUT2D eigenvalue weighted by molar-refractivity contribution is 5.74. The Morgan fingerprint density at radius 3 is 2.47 bits per heavy atom. The van der Waals surface area contributed by atoms with Crippen molar-refractivity contribution < 1.29 is 9.84 Å². The molecular formula is C23H23N5O2. The molecule has 30 heavy (non-hydrogen) atoms. The van der Waals surface area contributed by atoms with E-state index in [1.54, 1.807) is 6.20 Å². The van der Waals surface area contributed by atoms with Gasteiger partial charge in [-0.3, -0.25) is 4.40 Å². The van der Waals surface area contributed by atoms with E-state index in [2.05, 4.69) is 44.5 Å². The van der Waals surface area contributed by atoms with E-state index in [1.807, 2.05) is 41.1 Å². The number of rotatable bonds is 5. The highest BCUT2D eigenvalue weighted by Crippen LogP contribution is 2.26. The number of anilines is 3. The number of imidazole rings is 1.